The van der Waals surface area contributed by atoms with Crippen molar-refractivity contribution in [1.29, 1.82) is 0 Å². The highest BCUT2D eigenvalue weighted by Gasteiger charge is 2.29. The van der Waals surface area contributed by atoms with E-state index in [4.69, 9.17) is 4.74 Å². The number of aromatic hydroxyl groups is 1. The van der Waals surface area contributed by atoms with Gasteiger partial charge in [-0.15, -0.1) is 0 Å². The second-order valence-electron chi connectivity index (χ2n) is 9.59. The summed E-state index contributed by atoms with van der Waals surface area (Å²) >= 11 is 0. The van der Waals surface area contributed by atoms with Crippen molar-refractivity contribution >= 4 is 17.6 Å². The lowest BCUT2D eigenvalue weighted by molar-refractivity contribution is -0.115. The molecule has 1 fully saturated rings. The number of likely N-dealkylation sites (N-methyl/N-ethyl adjacent to an activating group) is 1. The normalized spacial score (nSPS) is 14.4. The van der Waals surface area contributed by atoms with Gasteiger partial charge < -0.3 is 30.7 Å². The van der Waals surface area contributed by atoms with Crippen LogP contribution in [0.5, 0.6) is 5.75 Å². The molecular formula is C28H40N4O6. The first kappa shape index (κ1) is 29.5. The number of aliphatic hydroxyl groups excluding tert-OH is 2. The van der Waals surface area contributed by atoms with Gasteiger partial charge in [-0.1, -0.05) is 31.0 Å². The molecule has 3 rings (SSSR count). The number of hydrogen-bond donors (Lipinski definition) is 5. The molecule has 0 radical (unpaired) electrons. The van der Waals surface area contributed by atoms with Crippen LogP contribution >= 0.6 is 0 Å². The predicted octanol–water partition coefficient (Wildman–Crippen LogP) is 2.27. The molecule has 38 heavy (non-hydrogen) atoms. The van der Waals surface area contributed by atoms with E-state index in [9.17, 15) is 24.9 Å². The summed E-state index contributed by atoms with van der Waals surface area (Å²) in [6.45, 7) is 3.83. The number of ether oxygens (including phenoxy) is 1. The summed E-state index contributed by atoms with van der Waals surface area (Å²) in [5.74, 6) is -0.212. The number of rotatable bonds is 17. The molecule has 2 aromatic carbocycles. The summed E-state index contributed by atoms with van der Waals surface area (Å²) in [5, 5.41) is 34.9. The van der Waals surface area contributed by atoms with Crippen LogP contribution < -0.4 is 15.5 Å². The Morgan fingerprint density at radius 1 is 1.11 bits per heavy atom. The number of imide groups is 1. The standard InChI is InChI=1S/C28H40N4O6/c1-31(19-21-7-6-8-24(15-21)32-27(36)18-30-28(32)37)12-14-38-13-5-3-2-4-11-29-17-26(35)22-9-10-25(34)23(16-22)20-33/h6-10,15-16,26,29,33-35H,2-5,11-14,17-20H2,1H3,(H,30,37). The predicted molar refractivity (Wildman–Crippen MR) is 145 cm³/mol. The molecule has 1 aliphatic rings. The minimum absolute atomic E-state index is 0.0309. The van der Waals surface area contributed by atoms with Crippen LogP contribution in [0, 0.1) is 0 Å². The molecule has 3 amide bonds. The van der Waals surface area contributed by atoms with Gasteiger partial charge in [0.1, 0.15) is 5.75 Å². The number of amides is 3. The second-order valence-corrected chi connectivity index (χ2v) is 9.59. The Kier molecular flexibility index (Phi) is 12.0. The highest BCUT2D eigenvalue weighted by atomic mass is 16.5. The molecule has 0 bridgehead atoms. The van der Waals surface area contributed by atoms with Crippen LogP contribution in [-0.2, 0) is 22.7 Å². The summed E-state index contributed by atoms with van der Waals surface area (Å²) < 4.78 is 5.78. The Bertz CT molecular complexity index is 1030. The van der Waals surface area contributed by atoms with E-state index < -0.39 is 6.10 Å². The molecule has 1 aliphatic heterocycles. The van der Waals surface area contributed by atoms with Crippen molar-refractivity contribution in [1.82, 2.24) is 15.5 Å². The van der Waals surface area contributed by atoms with Gasteiger partial charge in [0.05, 0.1) is 31.5 Å². The Morgan fingerprint density at radius 2 is 1.92 bits per heavy atom. The zero-order chi connectivity index (χ0) is 27.3. The van der Waals surface area contributed by atoms with Crippen LogP contribution in [0.15, 0.2) is 42.5 Å². The van der Waals surface area contributed by atoms with Crippen LogP contribution in [0.25, 0.3) is 0 Å². The number of nitrogens with zero attached hydrogens (tertiary/aromatic N) is 2. The molecule has 0 saturated carbocycles. The molecule has 10 heteroatoms. The summed E-state index contributed by atoms with van der Waals surface area (Å²) in [4.78, 5) is 27.1. The monoisotopic (exact) mass is 528 g/mol. The minimum atomic E-state index is -0.688. The number of carbonyl (C=O) groups is 2. The number of benzene rings is 2. The van der Waals surface area contributed by atoms with Gasteiger partial charge in [0.2, 0.25) is 0 Å². The van der Waals surface area contributed by atoms with E-state index >= 15 is 0 Å². The van der Waals surface area contributed by atoms with Crippen molar-refractivity contribution in [3.63, 3.8) is 0 Å². The lowest BCUT2D eigenvalue weighted by Crippen LogP contribution is -2.30. The van der Waals surface area contributed by atoms with Crippen molar-refractivity contribution in [2.45, 2.75) is 44.9 Å². The number of carbonyl (C=O) groups excluding carboxylic acids is 2. The van der Waals surface area contributed by atoms with Gasteiger partial charge in [-0.05, 0) is 61.8 Å². The maximum atomic E-state index is 11.9. The summed E-state index contributed by atoms with van der Waals surface area (Å²) in [7, 11) is 2.01. The molecule has 5 N–H and O–H groups in total. The largest absolute Gasteiger partial charge is 0.508 e. The van der Waals surface area contributed by atoms with Crippen molar-refractivity contribution < 1.29 is 29.6 Å². The van der Waals surface area contributed by atoms with Gasteiger partial charge in [0.15, 0.2) is 0 Å². The average molecular weight is 529 g/mol. The highest BCUT2D eigenvalue weighted by molar-refractivity contribution is 6.19. The zero-order valence-electron chi connectivity index (χ0n) is 22.1. The molecule has 208 valence electrons. The lowest BCUT2D eigenvalue weighted by Gasteiger charge is -2.18. The summed E-state index contributed by atoms with van der Waals surface area (Å²) in [6.07, 6.45) is 3.47. The van der Waals surface area contributed by atoms with Crippen LogP contribution in [-0.4, -0.2) is 78.6 Å². The molecule has 0 spiro atoms. The second kappa shape index (κ2) is 15.4. The Morgan fingerprint density at radius 3 is 2.68 bits per heavy atom. The molecule has 0 aromatic heterocycles. The number of nitrogens with one attached hydrogen (secondary N) is 2. The van der Waals surface area contributed by atoms with Crippen molar-refractivity contribution in [2.24, 2.45) is 0 Å². The van der Waals surface area contributed by atoms with Gasteiger partial charge in [-0.25, -0.2) is 9.69 Å². The van der Waals surface area contributed by atoms with E-state index in [1.165, 1.54) is 11.0 Å². The Labute approximate surface area is 224 Å². The van der Waals surface area contributed by atoms with Crippen molar-refractivity contribution in [3.05, 3.63) is 59.2 Å². The third-order valence-corrected chi connectivity index (χ3v) is 6.47. The smallest absolute Gasteiger partial charge is 0.329 e. The number of hydrogen-bond acceptors (Lipinski definition) is 8. The third-order valence-electron chi connectivity index (χ3n) is 6.47. The molecule has 0 aliphatic carbocycles. The number of aliphatic hydroxyl groups is 2. The molecule has 1 saturated heterocycles. The third kappa shape index (κ3) is 9.07. The highest BCUT2D eigenvalue weighted by Crippen LogP contribution is 2.22. The first-order chi connectivity index (χ1) is 18.4. The Balaban J connectivity index is 1.19. The molecule has 10 nitrogen and oxygen atoms in total. The quantitative estimate of drug-likeness (QED) is 0.156. The molecular weight excluding hydrogens is 488 g/mol. The maximum absolute atomic E-state index is 11.9. The fourth-order valence-electron chi connectivity index (χ4n) is 4.29. The van der Waals surface area contributed by atoms with E-state index in [2.05, 4.69) is 15.5 Å². The number of phenols is 1. The first-order valence-corrected chi connectivity index (χ1v) is 13.2. The zero-order valence-corrected chi connectivity index (χ0v) is 22.1. The number of urea groups is 1. The fraction of sp³-hybridized carbons (Fsp3) is 0.500. The van der Waals surface area contributed by atoms with Gasteiger partial charge in [0, 0.05) is 31.8 Å². The molecule has 1 atom stereocenters. The van der Waals surface area contributed by atoms with Crippen LogP contribution in [0.2, 0.25) is 0 Å². The fourth-order valence-corrected chi connectivity index (χ4v) is 4.29. The van der Waals surface area contributed by atoms with Crippen LogP contribution in [0.1, 0.15) is 48.5 Å². The van der Waals surface area contributed by atoms with Crippen LogP contribution in [0.3, 0.4) is 0 Å². The van der Waals surface area contributed by atoms with E-state index in [1.807, 2.05) is 25.2 Å². The molecule has 2 aromatic rings. The maximum Gasteiger partial charge on any atom is 0.329 e. The minimum Gasteiger partial charge on any atom is -0.508 e. The van der Waals surface area contributed by atoms with E-state index in [0.717, 1.165) is 50.9 Å². The van der Waals surface area contributed by atoms with Gasteiger partial charge >= 0.3 is 6.03 Å². The molecule has 1 unspecified atom stereocenters. The van der Waals surface area contributed by atoms with Crippen molar-refractivity contribution in [3.8, 4) is 5.75 Å². The van der Waals surface area contributed by atoms with E-state index in [-0.39, 0.29) is 30.8 Å². The summed E-state index contributed by atoms with van der Waals surface area (Å²) in [5.41, 5.74) is 2.70. The topological polar surface area (TPSA) is 135 Å². The lowest BCUT2D eigenvalue weighted by atomic mass is 10.1. The number of unbranched alkanes of at least 4 members (excludes halogenated alkanes) is 3. The summed E-state index contributed by atoms with van der Waals surface area (Å²) in [6, 6.07) is 11.9. The first-order valence-electron chi connectivity index (χ1n) is 13.2. The average Bonchev–Trinajstić information content (AvgIpc) is 3.25. The SMILES string of the molecule is CN(CCOCCCCCCNCC(O)c1ccc(O)c(CO)c1)Cc1cccc(N2C(=O)CNC2=O)c1. The van der Waals surface area contributed by atoms with Crippen molar-refractivity contribution in [2.75, 3.05) is 51.3 Å². The Hall–Kier alpha value is -3.02. The van der Waals surface area contributed by atoms with Gasteiger partial charge in [-0.2, -0.15) is 0 Å². The van der Waals surface area contributed by atoms with E-state index in [1.54, 1.807) is 18.2 Å². The van der Waals surface area contributed by atoms with E-state index in [0.29, 0.717) is 36.5 Å². The number of anilines is 1. The van der Waals surface area contributed by atoms with Gasteiger partial charge in [0.25, 0.3) is 5.91 Å². The van der Waals surface area contributed by atoms with Gasteiger partial charge in [-0.3, -0.25) is 9.69 Å². The molecule has 1 heterocycles. The van der Waals surface area contributed by atoms with Crippen LogP contribution in [0.4, 0.5) is 10.5 Å².